The number of alkyl halides is 3. The third-order valence-electron chi connectivity index (χ3n) is 9.56. The van der Waals surface area contributed by atoms with Crippen LogP contribution in [0.5, 0.6) is 0 Å². The minimum Gasteiger partial charge on any atom is -0.444 e. The summed E-state index contributed by atoms with van der Waals surface area (Å²) in [6, 6.07) is 4.03. The zero-order chi connectivity index (χ0) is 48.5. The molecular weight excluding hydrogens is 922 g/mol. The molecule has 3 fully saturated rings. The lowest BCUT2D eigenvalue weighted by Gasteiger charge is -2.28. The molecule has 3 aliphatic heterocycles. The molecule has 21 nitrogen and oxygen atoms in total. The summed E-state index contributed by atoms with van der Waals surface area (Å²) < 4.78 is 67.0. The average Bonchev–Trinajstić information content (AvgIpc) is 4.02. The van der Waals surface area contributed by atoms with Crippen molar-refractivity contribution in [2.45, 2.75) is 140 Å². The van der Waals surface area contributed by atoms with Crippen LogP contribution < -0.4 is 10.6 Å². The van der Waals surface area contributed by atoms with Gasteiger partial charge < -0.3 is 49.2 Å². The van der Waals surface area contributed by atoms with Crippen LogP contribution >= 0.6 is 22.7 Å². The van der Waals surface area contributed by atoms with Crippen molar-refractivity contribution in [2.24, 2.45) is 0 Å². The van der Waals surface area contributed by atoms with Crippen molar-refractivity contribution in [3.63, 3.8) is 0 Å². The summed E-state index contributed by atoms with van der Waals surface area (Å²) in [5.74, 6) is -0.243. The van der Waals surface area contributed by atoms with Crippen LogP contribution in [0.1, 0.15) is 92.1 Å². The second kappa shape index (κ2) is 19.9. The van der Waals surface area contributed by atoms with E-state index in [1.54, 1.807) is 53.0 Å². The highest BCUT2D eigenvalue weighted by Crippen LogP contribution is 2.53. The van der Waals surface area contributed by atoms with Crippen molar-refractivity contribution in [3.05, 3.63) is 34.5 Å². The van der Waals surface area contributed by atoms with Gasteiger partial charge in [0, 0.05) is 11.1 Å². The number of fused-ring (bicyclic) bond motifs is 3. The van der Waals surface area contributed by atoms with E-state index in [0.717, 1.165) is 5.56 Å². The van der Waals surface area contributed by atoms with Gasteiger partial charge in [-0.15, -0.1) is 22.7 Å². The number of halogens is 3. The van der Waals surface area contributed by atoms with Gasteiger partial charge in [0.1, 0.15) is 72.6 Å². The Hall–Kier alpha value is -5.26. The zero-order valence-electron chi connectivity index (χ0n) is 36.9. The first kappa shape index (κ1) is 53.4. The number of thiophene rings is 2. The molecule has 0 radical (unpaired) electrons. The summed E-state index contributed by atoms with van der Waals surface area (Å²) >= 11 is 2.57. The first-order chi connectivity index (χ1) is 30.2. The van der Waals surface area contributed by atoms with Gasteiger partial charge in [0.25, 0.3) is 0 Å². The second-order valence-corrected chi connectivity index (χ2v) is 18.9. The van der Waals surface area contributed by atoms with Crippen LogP contribution in [0.3, 0.4) is 0 Å². The van der Waals surface area contributed by atoms with Crippen molar-refractivity contribution in [2.75, 3.05) is 17.2 Å². The van der Waals surface area contributed by atoms with Crippen LogP contribution in [-0.2, 0) is 33.2 Å². The third kappa shape index (κ3) is 11.6. The van der Waals surface area contributed by atoms with Gasteiger partial charge in [-0.2, -0.15) is 23.7 Å². The molecule has 7 rings (SSSR count). The molecule has 26 heteroatoms. The summed E-state index contributed by atoms with van der Waals surface area (Å²) in [4.78, 5) is 49.8. The number of hydrogen-bond donors (Lipinski definition) is 5. The van der Waals surface area contributed by atoms with Crippen molar-refractivity contribution in [3.8, 4) is 12.1 Å². The Morgan fingerprint density at radius 3 is 1.64 bits per heavy atom. The predicted octanol–water partition coefficient (Wildman–Crippen LogP) is 5.31. The van der Waals surface area contributed by atoms with Gasteiger partial charge in [0.15, 0.2) is 23.0 Å². The van der Waals surface area contributed by atoms with Gasteiger partial charge in [-0.3, -0.25) is 15.4 Å². The number of rotatable bonds is 6. The SMILES string of the molecule is CC(C)(C)OC(=O)Nc1ncnc2c([C@@H]3O[C@](C#N)(CO)[C@@H](O)[C@H]3O)csc12.CC[C@@]1(C#N)O[C@@H](c2csc3c(NC(=O)OC(C)(C)C)ncnc23)[C@@H]2OC(C)(C)O[C@@H]21.O.O=CC(F)(F)F. The Balaban J connectivity index is 0.000000255. The molecule has 0 unspecified atom stereocenters. The largest absolute Gasteiger partial charge is 0.446 e. The molecule has 3 saturated heterocycles. The van der Waals surface area contributed by atoms with Crippen molar-refractivity contribution >= 4 is 73.2 Å². The van der Waals surface area contributed by atoms with E-state index in [1.807, 2.05) is 26.2 Å². The van der Waals surface area contributed by atoms with E-state index in [1.165, 1.54) is 35.3 Å². The van der Waals surface area contributed by atoms with Gasteiger partial charge in [-0.25, -0.2) is 29.5 Å². The van der Waals surface area contributed by atoms with E-state index in [0.29, 0.717) is 38.2 Å². The predicted molar refractivity (Wildman–Crippen MR) is 228 cm³/mol. The molecule has 3 aliphatic rings. The normalized spacial score (nSPS) is 26.6. The number of nitriles is 2. The Kier molecular flexibility index (Phi) is 16.1. The number of carbonyl (C=O) groups excluding carboxylic acids is 3. The highest BCUT2D eigenvalue weighted by molar-refractivity contribution is 7.18. The fraction of sp³-hybridized carbons (Fsp3) is 0.575. The topological polar surface area (TPSA) is 322 Å². The number of aliphatic hydroxyl groups excluding tert-OH is 3. The number of aldehydes is 1. The molecule has 0 saturated carbocycles. The lowest BCUT2D eigenvalue weighted by atomic mass is 9.92. The van der Waals surface area contributed by atoms with E-state index in [2.05, 4.69) is 36.6 Å². The number of hydrogen-bond acceptors (Lipinski definition) is 20. The lowest BCUT2D eigenvalue weighted by molar-refractivity contribution is -0.199. The van der Waals surface area contributed by atoms with E-state index in [4.69, 9.17) is 33.2 Å². The fourth-order valence-electron chi connectivity index (χ4n) is 6.86. The average molecular weight is 971 g/mol. The van der Waals surface area contributed by atoms with Crippen LogP contribution in [0.4, 0.5) is 34.4 Å². The number of nitrogens with zero attached hydrogens (tertiary/aromatic N) is 6. The van der Waals surface area contributed by atoms with Crippen LogP contribution in [0.2, 0.25) is 0 Å². The van der Waals surface area contributed by atoms with E-state index in [9.17, 15) is 48.6 Å². The van der Waals surface area contributed by atoms with Crippen molar-refractivity contribution in [1.29, 1.82) is 10.5 Å². The Bertz CT molecular complexity index is 2480. The van der Waals surface area contributed by atoms with Crippen LogP contribution in [0, 0.1) is 22.7 Å². The minimum absolute atomic E-state index is 0. The summed E-state index contributed by atoms with van der Waals surface area (Å²) in [5.41, 5.74) is -2.15. The molecule has 360 valence electrons. The molecule has 0 aromatic carbocycles. The summed E-state index contributed by atoms with van der Waals surface area (Å²) in [6.07, 6.45) is -9.53. The minimum atomic E-state index is -4.64. The number of carbonyl (C=O) groups is 3. The zero-order valence-corrected chi connectivity index (χ0v) is 38.5. The maximum Gasteiger partial charge on any atom is 0.446 e. The number of aliphatic hydroxyl groups is 3. The summed E-state index contributed by atoms with van der Waals surface area (Å²) in [7, 11) is 0. The molecule has 4 aromatic heterocycles. The van der Waals surface area contributed by atoms with Crippen molar-refractivity contribution < 1.29 is 76.8 Å². The fourth-order valence-corrected chi connectivity index (χ4v) is 8.84. The lowest BCUT2D eigenvalue weighted by Crippen LogP contribution is -2.44. The molecule has 66 heavy (non-hydrogen) atoms. The standard InChI is InChI=1S/C21H26N4O5S.C17H20N4O6S.C2HF3O.H2O/c1-7-21(9-22)16-14(27-20(5,6)29-16)13(28-21)11-8-31-15-12(11)23-10-24-17(15)25-18(26)30-19(2,3)4;1-16(2,3)27-15(25)21-14-12-9(19-7-20-14)8(4-28-12)11-10(23)13(24)17(5-18,6-22)26-11;3-2(4,5)1-6;/h8,10,13-14,16H,7H2,1-6H3,(H,23,24,25,26);4,7,10-11,13,22-24H,6H2,1-3H3,(H,19,20,21,25);1H;1H2/t13-,14-,16-,21-;10-,11-,13-,17+;;/m00../s1. The Labute approximate surface area is 383 Å². The quantitative estimate of drug-likeness (QED) is 0.153. The third-order valence-corrected chi connectivity index (χ3v) is 11.5. The van der Waals surface area contributed by atoms with E-state index in [-0.39, 0.29) is 11.3 Å². The van der Waals surface area contributed by atoms with Crippen molar-refractivity contribution in [1.82, 2.24) is 19.9 Å². The van der Waals surface area contributed by atoms with Crippen LogP contribution in [0.15, 0.2) is 23.4 Å². The first-order valence-corrected chi connectivity index (χ1v) is 21.4. The maximum atomic E-state index is 12.2. The number of aromatic nitrogens is 4. The van der Waals surface area contributed by atoms with Gasteiger partial charge in [-0.1, -0.05) is 6.92 Å². The molecule has 4 aromatic rings. The second-order valence-electron chi connectivity index (χ2n) is 17.1. The molecule has 7 N–H and O–H groups in total. The maximum absolute atomic E-state index is 12.2. The first-order valence-electron chi connectivity index (χ1n) is 19.6. The van der Waals surface area contributed by atoms with Crippen LogP contribution in [-0.4, -0.2) is 125 Å². The molecule has 0 bridgehead atoms. The van der Waals surface area contributed by atoms with Crippen LogP contribution in [0.25, 0.3) is 20.4 Å². The number of anilines is 2. The molecule has 8 atom stereocenters. The smallest absolute Gasteiger partial charge is 0.444 e. The molecule has 2 amide bonds. The molecular formula is C40H49F3N8O13S2. The number of nitrogens with one attached hydrogen (secondary N) is 2. The van der Waals surface area contributed by atoms with E-state index >= 15 is 0 Å². The van der Waals surface area contributed by atoms with Gasteiger partial charge in [0.2, 0.25) is 11.9 Å². The van der Waals surface area contributed by atoms with Gasteiger partial charge in [0.05, 0.1) is 27.0 Å². The Morgan fingerprint density at radius 1 is 0.818 bits per heavy atom. The summed E-state index contributed by atoms with van der Waals surface area (Å²) in [6.45, 7) is 15.4. The Morgan fingerprint density at radius 2 is 1.26 bits per heavy atom. The van der Waals surface area contributed by atoms with Gasteiger partial charge in [-0.05, 0) is 72.6 Å². The number of amides is 2. The highest BCUT2D eigenvalue weighted by Gasteiger charge is 2.63. The number of ether oxygens (including phenoxy) is 6. The molecule has 7 heterocycles. The van der Waals surface area contributed by atoms with Gasteiger partial charge >= 0.3 is 18.4 Å². The molecule has 0 spiro atoms. The highest BCUT2D eigenvalue weighted by atomic mass is 32.1. The monoisotopic (exact) mass is 970 g/mol. The van der Waals surface area contributed by atoms with E-state index < -0.39 is 96.1 Å². The summed E-state index contributed by atoms with van der Waals surface area (Å²) in [5, 5.41) is 58.0. The molecule has 0 aliphatic carbocycles.